The van der Waals surface area contributed by atoms with Crippen LogP contribution in [0.4, 0.5) is 0 Å². The largest absolute Gasteiger partial charge is 0.494 e. The van der Waals surface area contributed by atoms with Crippen molar-refractivity contribution in [3.63, 3.8) is 0 Å². The molecular weight excluding hydrogens is 130 g/mol. The van der Waals surface area contributed by atoms with Crippen LogP contribution in [0.2, 0.25) is 0 Å². The number of aliphatic hydroxyl groups excluding tert-OH is 1. The van der Waals surface area contributed by atoms with Gasteiger partial charge in [0.2, 0.25) is 5.88 Å². The van der Waals surface area contributed by atoms with Gasteiger partial charge in [0.25, 0.3) is 0 Å². The molecule has 0 unspecified atom stereocenters. The molecule has 5 heteroatoms. The van der Waals surface area contributed by atoms with Crippen molar-refractivity contribution in [2.24, 2.45) is 5.10 Å². The van der Waals surface area contributed by atoms with Gasteiger partial charge in [-0.3, -0.25) is 0 Å². The van der Waals surface area contributed by atoms with Crippen LogP contribution >= 0.6 is 11.8 Å². The first-order valence-corrected chi connectivity index (χ1v) is 2.21. The minimum absolute atomic E-state index is 0.0741. The highest BCUT2D eigenvalue weighted by Crippen LogP contribution is 1.95. The monoisotopic (exact) mass is 132 g/mol. The van der Waals surface area contributed by atoms with Gasteiger partial charge in [-0.15, -0.1) is 9.74 Å². The molecule has 1 radical (unpaired) electrons. The van der Waals surface area contributed by atoms with E-state index < -0.39 is 0 Å². The van der Waals surface area contributed by atoms with Gasteiger partial charge >= 0.3 is 0 Å². The number of nitrogens with zero attached hydrogens (tertiary/aromatic N) is 2. The molecule has 4 nitrogen and oxygen atoms in total. The summed E-state index contributed by atoms with van der Waals surface area (Å²) in [6.07, 6.45) is 3.59. The maximum absolute atomic E-state index is 8.58. The summed E-state index contributed by atoms with van der Waals surface area (Å²) in [4.78, 5) is 0. The lowest BCUT2D eigenvalue weighted by molar-refractivity contribution is 0.267. The Labute approximate surface area is 51.1 Å². The van der Waals surface area contributed by atoms with Crippen molar-refractivity contribution in [3.05, 3.63) is 12.0 Å². The molecule has 1 rings (SSSR count). The minimum Gasteiger partial charge on any atom is -0.494 e. The quantitative estimate of drug-likeness (QED) is 0.464. The number of hydrazone groups is 1. The molecule has 0 aromatic rings. The third-order valence-corrected chi connectivity index (χ3v) is 0.714. The smallest absolute Gasteiger partial charge is 0.208 e. The lowest BCUT2D eigenvalue weighted by Gasteiger charge is -2.11. The number of aliphatic hydroxyl groups is 1. The number of allylic oxidation sites excluding steroid dienone is 1. The van der Waals surface area contributed by atoms with Gasteiger partial charge in [0.05, 0.1) is 11.8 Å². The van der Waals surface area contributed by atoms with Crippen molar-refractivity contribution >= 4 is 18.0 Å². The molecule has 1 aliphatic heterocycles. The summed E-state index contributed by atoms with van der Waals surface area (Å²) in [5.74, 6) is -0.0741. The maximum atomic E-state index is 8.58. The fourth-order valence-corrected chi connectivity index (χ4v) is 0.423. The zero-order valence-electron chi connectivity index (χ0n) is 3.80. The van der Waals surface area contributed by atoms with Crippen LogP contribution in [0, 0.1) is 0 Å². The topological polar surface area (TPSA) is 47.9 Å². The average Bonchev–Trinajstić information content (AvgIpc) is 1.64. The van der Waals surface area contributed by atoms with Crippen LogP contribution in [-0.4, -0.2) is 16.0 Å². The summed E-state index contributed by atoms with van der Waals surface area (Å²) < 4.78 is 0.829. The van der Waals surface area contributed by atoms with E-state index in [-0.39, 0.29) is 5.88 Å². The van der Waals surface area contributed by atoms with Gasteiger partial charge in [-0.25, -0.2) is 5.43 Å². The van der Waals surface area contributed by atoms with Gasteiger partial charge in [-0.1, -0.05) is 0 Å². The van der Waals surface area contributed by atoms with E-state index in [1.54, 1.807) is 0 Å². The van der Waals surface area contributed by atoms with E-state index in [0.717, 1.165) is 4.64 Å². The van der Waals surface area contributed by atoms with Crippen molar-refractivity contribution in [3.8, 4) is 0 Å². The normalized spacial score (nSPS) is 17.6. The molecule has 1 aliphatic rings. The van der Waals surface area contributed by atoms with Crippen LogP contribution in [-0.2, 0) is 0 Å². The van der Waals surface area contributed by atoms with Crippen molar-refractivity contribution in [2.45, 2.75) is 0 Å². The van der Waals surface area contributed by atoms with E-state index >= 15 is 0 Å². The molecule has 1 heterocycles. The highest BCUT2D eigenvalue weighted by molar-refractivity contribution is 6.13. The first kappa shape index (κ1) is 5.24. The molecule has 0 atom stereocenters. The van der Waals surface area contributed by atoms with Gasteiger partial charge in [0.15, 0.2) is 0 Å². The Morgan fingerprint density at radius 1 is 2.00 bits per heavy atom. The summed E-state index contributed by atoms with van der Waals surface area (Å²) in [6, 6.07) is 0. The fourth-order valence-electron chi connectivity index (χ4n) is 0.292. The second-order valence-electron chi connectivity index (χ2n) is 1.13. The van der Waals surface area contributed by atoms with Gasteiger partial charge in [-0.2, -0.15) is 0 Å². The molecule has 0 saturated heterocycles. The second-order valence-corrected chi connectivity index (χ2v) is 1.45. The number of hydrogen-bond donors (Lipinski definition) is 2. The third kappa shape index (κ3) is 1.04. The summed E-state index contributed by atoms with van der Waals surface area (Å²) in [5, 5.41) is 12.0. The standard InChI is InChI=1S/C3H3ClN3O/c4-7-5-2-1-3(8)6-7/h1,6,8H. The Kier molecular flexibility index (Phi) is 1.26. The first-order valence-electron chi connectivity index (χ1n) is 1.87. The summed E-state index contributed by atoms with van der Waals surface area (Å²) >= 11 is 5.20. The molecule has 0 aromatic heterocycles. The van der Waals surface area contributed by atoms with Crippen LogP contribution in [0.5, 0.6) is 0 Å². The maximum Gasteiger partial charge on any atom is 0.208 e. The molecule has 43 valence electrons. The Balaban J connectivity index is 2.59. The molecule has 2 N–H and O–H groups in total. The van der Waals surface area contributed by atoms with Crippen LogP contribution in [0.15, 0.2) is 17.1 Å². The lowest BCUT2D eigenvalue weighted by Crippen LogP contribution is -2.26. The predicted molar refractivity (Wildman–Crippen MR) is 29.0 cm³/mol. The van der Waals surface area contributed by atoms with Crippen molar-refractivity contribution < 1.29 is 5.11 Å². The number of rotatable bonds is 0. The summed E-state index contributed by atoms with van der Waals surface area (Å²) in [6.45, 7) is 0. The first-order chi connectivity index (χ1) is 3.79. The Morgan fingerprint density at radius 3 is 3.12 bits per heavy atom. The molecule has 0 spiro atoms. The SMILES string of the molecule is OC1=C[C]=NN(Cl)N1. The molecule has 8 heavy (non-hydrogen) atoms. The van der Waals surface area contributed by atoms with Crippen LogP contribution < -0.4 is 5.43 Å². The highest BCUT2D eigenvalue weighted by Gasteiger charge is 1.99. The van der Waals surface area contributed by atoms with Crippen molar-refractivity contribution in [1.29, 1.82) is 0 Å². The van der Waals surface area contributed by atoms with Gasteiger partial charge in [0.1, 0.15) is 6.21 Å². The molecule has 0 aliphatic carbocycles. The summed E-state index contributed by atoms with van der Waals surface area (Å²) in [5.41, 5.74) is 2.27. The molecule has 0 saturated carbocycles. The molecule has 0 aromatic carbocycles. The van der Waals surface area contributed by atoms with Crippen LogP contribution in [0.25, 0.3) is 0 Å². The fraction of sp³-hybridized carbons (Fsp3) is 0. The van der Waals surface area contributed by atoms with E-state index in [9.17, 15) is 0 Å². The zero-order chi connectivity index (χ0) is 5.98. The van der Waals surface area contributed by atoms with Crippen molar-refractivity contribution in [2.75, 3.05) is 0 Å². The van der Waals surface area contributed by atoms with E-state index in [1.165, 1.54) is 6.08 Å². The van der Waals surface area contributed by atoms with Gasteiger partial charge in [0, 0.05) is 6.08 Å². The molecule has 0 fully saturated rings. The highest BCUT2D eigenvalue weighted by atomic mass is 35.5. The predicted octanol–water partition coefficient (Wildman–Crippen LogP) is 0.223. The van der Waals surface area contributed by atoms with Gasteiger partial charge in [-0.05, 0) is 0 Å². The number of hydrogen-bond acceptors (Lipinski definition) is 4. The third-order valence-electron chi connectivity index (χ3n) is 0.554. The summed E-state index contributed by atoms with van der Waals surface area (Å²) in [7, 11) is 0. The van der Waals surface area contributed by atoms with Gasteiger partial charge < -0.3 is 5.11 Å². The van der Waals surface area contributed by atoms with Crippen molar-refractivity contribution in [1.82, 2.24) is 10.1 Å². The average molecular weight is 133 g/mol. The second kappa shape index (κ2) is 1.92. The Morgan fingerprint density at radius 2 is 2.75 bits per heavy atom. The zero-order valence-corrected chi connectivity index (χ0v) is 4.55. The number of nitrogens with one attached hydrogen (secondary N) is 1. The molecule has 0 amide bonds. The van der Waals surface area contributed by atoms with E-state index in [2.05, 4.69) is 16.7 Å². The van der Waals surface area contributed by atoms with E-state index in [4.69, 9.17) is 16.9 Å². The lowest BCUT2D eigenvalue weighted by atomic mass is 10.6. The molecular formula is C3H3ClN3O. The van der Waals surface area contributed by atoms with E-state index in [0.29, 0.717) is 0 Å². The Bertz CT molecular complexity index is 143. The number of hydrazine groups is 1. The van der Waals surface area contributed by atoms with Crippen LogP contribution in [0.3, 0.4) is 0 Å². The van der Waals surface area contributed by atoms with Crippen LogP contribution in [0.1, 0.15) is 0 Å². The molecule has 0 bridgehead atoms. The van der Waals surface area contributed by atoms with E-state index in [1.807, 2.05) is 0 Å². The number of halogens is 1. The Hall–Kier alpha value is -0.900. The minimum atomic E-state index is -0.0741.